The number of amides is 2. The average molecular weight is 492 g/mol. The number of piperazine rings is 1. The number of benzene rings is 2. The van der Waals surface area contributed by atoms with Gasteiger partial charge in [-0.05, 0) is 42.8 Å². The molecule has 0 radical (unpaired) electrons. The zero-order chi connectivity index (χ0) is 25.0. The zero-order valence-corrected chi connectivity index (χ0v) is 20.7. The van der Waals surface area contributed by atoms with Crippen LogP contribution in [0.5, 0.6) is 5.75 Å². The molecule has 0 aromatic heterocycles. The third-order valence-electron chi connectivity index (χ3n) is 6.02. The molecule has 2 aromatic carbocycles. The third kappa shape index (κ3) is 5.07. The van der Waals surface area contributed by atoms with Crippen LogP contribution in [0.1, 0.15) is 40.1 Å². The molecule has 0 bridgehead atoms. The number of carbonyl (C=O) groups excluding carboxylic acids is 2. The summed E-state index contributed by atoms with van der Waals surface area (Å²) >= 11 is 0. The van der Waals surface area contributed by atoms with E-state index >= 15 is 0 Å². The Morgan fingerprint density at radius 1 is 0.971 bits per heavy atom. The highest BCUT2D eigenvalue weighted by Gasteiger charge is 2.29. The first-order valence-electron chi connectivity index (χ1n) is 11.2. The van der Waals surface area contributed by atoms with Crippen LogP contribution in [0.15, 0.2) is 41.3 Å². The number of nitrogens with zero attached hydrogens (tertiary/aromatic N) is 3. The molecule has 184 valence electrons. The summed E-state index contributed by atoms with van der Waals surface area (Å²) in [6.07, 6.45) is 0. The van der Waals surface area contributed by atoms with E-state index in [1.165, 1.54) is 35.7 Å². The summed E-state index contributed by atoms with van der Waals surface area (Å²) in [5, 5.41) is 0. The topological polar surface area (TPSA) is 87.2 Å². The van der Waals surface area contributed by atoms with Gasteiger partial charge in [-0.25, -0.2) is 12.8 Å². The Balaban J connectivity index is 1.77. The molecule has 2 amide bonds. The number of halogens is 1. The second-order valence-corrected chi connectivity index (χ2v) is 9.94. The molecule has 1 fully saturated rings. The maximum atomic E-state index is 13.9. The number of hydrogen-bond donors (Lipinski definition) is 0. The number of sulfonamides is 1. The van der Waals surface area contributed by atoms with Gasteiger partial charge in [0.05, 0.1) is 17.6 Å². The predicted octanol–water partition coefficient (Wildman–Crippen LogP) is 2.77. The molecular weight excluding hydrogens is 461 g/mol. The molecule has 0 aliphatic carbocycles. The molecule has 0 unspecified atom stereocenters. The Hall–Kier alpha value is -2.98. The number of methoxy groups -OCH3 is 1. The SMILES string of the molecule is CCN(CC)S(=O)(=O)c1ccc(OC)c(C(=O)N2CCN(C(=O)c3ccc(C)c(F)c3)CC2)c1. The molecule has 8 nitrogen and oxygen atoms in total. The molecule has 3 rings (SSSR count). The van der Waals surface area contributed by atoms with E-state index in [2.05, 4.69) is 0 Å². The van der Waals surface area contributed by atoms with Gasteiger partial charge in [-0.1, -0.05) is 19.9 Å². The standard InChI is InChI=1S/C24H30FN3O5S/c1-5-28(6-2)34(31,32)19-9-10-22(33-4)20(16-19)24(30)27-13-11-26(12-14-27)23(29)18-8-7-17(3)21(25)15-18/h7-10,15-16H,5-6,11-14H2,1-4H3. The fourth-order valence-corrected chi connectivity index (χ4v) is 5.40. The molecule has 0 atom stereocenters. The summed E-state index contributed by atoms with van der Waals surface area (Å²) < 4.78 is 46.4. The minimum absolute atomic E-state index is 0.0237. The normalized spacial score (nSPS) is 14.4. The summed E-state index contributed by atoms with van der Waals surface area (Å²) in [5.74, 6) is -0.832. The molecule has 1 heterocycles. The Morgan fingerprint density at radius 2 is 1.56 bits per heavy atom. The van der Waals surface area contributed by atoms with Crippen molar-refractivity contribution in [3.8, 4) is 5.75 Å². The molecule has 1 saturated heterocycles. The molecule has 1 aliphatic heterocycles. The zero-order valence-electron chi connectivity index (χ0n) is 19.9. The van der Waals surface area contributed by atoms with Gasteiger partial charge in [0, 0.05) is 44.8 Å². The first-order chi connectivity index (χ1) is 16.1. The summed E-state index contributed by atoms with van der Waals surface area (Å²) in [6, 6.07) is 8.64. The second-order valence-electron chi connectivity index (χ2n) is 8.00. The summed E-state index contributed by atoms with van der Waals surface area (Å²) in [6.45, 7) is 6.84. The van der Waals surface area contributed by atoms with Crippen molar-refractivity contribution in [3.05, 3.63) is 58.9 Å². The van der Waals surface area contributed by atoms with E-state index in [4.69, 9.17) is 4.74 Å². The lowest BCUT2D eigenvalue weighted by Gasteiger charge is -2.35. The number of hydrogen-bond acceptors (Lipinski definition) is 5. The monoisotopic (exact) mass is 491 g/mol. The summed E-state index contributed by atoms with van der Waals surface area (Å²) in [7, 11) is -2.33. The van der Waals surface area contributed by atoms with Gasteiger partial charge < -0.3 is 14.5 Å². The maximum absolute atomic E-state index is 13.9. The van der Waals surface area contributed by atoms with Crippen LogP contribution >= 0.6 is 0 Å². The van der Waals surface area contributed by atoms with Gasteiger partial charge in [0.25, 0.3) is 11.8 Å². The van der Waals surface area contributed by atoms with Crippen molar-refractivity contribution in [2.75, 3.05) is 46.4 Å². The van der Waals surface area contributed by atoms with Crippen molar-refractivity contribution in [2.45, 2.75) is 25.7 Å². The predicted molar refractivity (Wildman–Crippen MR) is 126 cm³/mol. The number of aryl methyl sites for hydroxylation is 1. The molecule has 0 spiro atoms. The second kappa shape index (κ2) is 10.5. The van der Waals surface area contributed by atoms with Crippen molar-refractivity contribution in [1.82, 2.24) is 14.1 Å². The van der Waals surface area contributed by atoms with E-state index in [1.807, 2.05) is 0 Å². The quantitative estimate of drug-likeness (QED) is 0.595. The first-order valence-corrected chi connectivity index (χ1v) is 12.6. The number of carbonyl (C=O) groups is 2. The van der Waals surface area contributed by atoms with Gasteiger partial charge in [-0.2, -0.15) is 4.31 Å². The maximum Gasteiger partial charge on any atom is 0.257 e. The van der Waals surface area contributed by atoms with Crippen LogP contribution in [0.4, 0.5) is 4.39 Å². The first kappa shape index (κ1) is 25.6. The third-order valence-corrected chi connectivity index (χ3v) is 8.06. The van der Waals surface area contributed by atoms with Gasteiger partial charge in [0.15, 0.2) is 0 Å². The van der Waals surface area contributed by atoms with E-state index < -0.39 is 15.8 Å². The Kier molecular flexibility index (Phi) is 7.93. The Bertz CT molecular complexity index is 1170. The number of ether oxygens (including phenoxy) is 1. The molecular formula is C24H30FN3O5S. The fourth-order valence-electron chi connectivity index (χ4n) is 3.92. The lowest BCUT2D eigenvalue weighted by molar-refractivity contribution is 0.0533. The van der Waals surface area contributed by atoms with Gasteiger partial charge in [-0.15, -0.1) is 0 Å². The Labute approximate surface area is 200 Å². The van der Waals surface area contributed by atoms with Gasteiger partial charge in [-0.3, -0.25) is 9.59 Å². The van der Waals surface area contributed by atoms with Crippen molar-refractivity contribution < 1.29 is 27.1 Å². The van der Waals surface area contributed by atoms with Crippen LogP contribution in [0, 0.1) is 12.7 Å². The van der Waals surface area contributed by atoms with Crippen molar-refractivity contribution in [2.24, 2.45) is 0 Å². The van der Waals surface area contributed by atoms with Crippen LogP contribution in [-0.4, -0.2) is 80.7 Å². The lowest BCUT2D eigenvalue weighted by atomic mass is 10.1. The fraction of sp³-hybridized carbons (Fsp3) is 0.417. The minimum Gasteiger partial charge on any atom is -0.496 e. The van der Waals surface area contributed by atoms with Crippen LogP contribution in [0.2, 0.25) is 0 Å². The highest BCUT2D eigenvalue weighted by molar-refractivity contribution is 7.89. The highest BCUT2D eigenvalue weighted by Crippen LogP contribution is 2.26. The van der Waals surface area contributed by atoms with Gasteiger partial charge in [0.1, 0.15) is 11.6 Å². The highest BCUT2D eigenvalue weighted by atomic mass is 32.2. The molecule has 2 aromatic rings. The number of rotatable bonds is 7. The van der Waals surface area contributed by atoms with Gasteiger partial charge >= 0.3 is 0 Å². The van der Waals surface area contributed by atoms with Crippen molar-refractivity contribution in [3.63, 3.8) is 0 Å². The Morgan fingerprint density at radius 3 is 2.09 bits per heavy atom. The molecule has 10 heteroatoms. The van der Waals surface area contributed by atoms with Crippen molar-refractivity contribution >= 4 is 21.8 Å². The summed E-state index contributed by atoms with van der Waals surface area (Å²) in [4.78, 5) is 29.2. The average Bonchev–Trinajstić information content (AvgIpc) is 2.85. The van der Waals surface area contributed by atoms with Gasteiger partial charge in [0.2, 0.25) is 10.0 Å². The van der Waals surface area contributed by atoms with Crippen molar-refractivity contribution in [1.29, 1.82) is 0 Å². The molecule has 34 heavy (non-hydrogen) atoms. The van der Waals surface area contributed by atoms with E-state index in [1.54, 1.807) is 42.7 Å². The van der Waals surface area contributed by atoms with E-state index in [0.29, 0.717) is 18.7 Å². The van der Waals surface area contributed by atoms with Crippen LogP contribution in [0.3, 0.4) is 0 Å². The molecule has 1 aliphatic rings. The largest absolute Gasteiger partial charge is 0.496 e. The smallest absolute Gasteiger partial charge is 0.257 e. The van der Waals surface area contributed by atoms with Crippen LogP contribution < -0.4 is 4.74 Å². The van der Waals surface area contributed by atoms with Crippen LogP contribution in [0.25, 0.3) is 0 Å². The minimum atomic E-state index is -3.75. The van der Waals surface area contributed by atoms with E-state index in [-0.39, 0.29) is 59.8 Å². The molecule has 0 saturated carbocycles. The summed E-state index contributed by atoms with van der Waals surface area (Å²) in [5.41, 5.74) is 0.876. The lowest BCUT2D eigenvalue weighted by Crippen LogP contribution is -2.50. The van der Waals surface area contributed by atoms with E-state index in [9.17, 15) is 22.4 Å². The van der Waals surface area contributed by atoms with Crippen LogP contribution in [-0.2, 0) is 10.0 Å². The van der Waals surface area contributed by atoms with E-state index in [0.717, 1.165) is 0 Å². The molecule has 0 N–H and O–H groups in total.